The first-order valence-corrected chi connectivity index (χ1v) is 12.0. The molecule has 1 aliphatic heterocycles. The second kappa shape index (κ2) is 11.8. The fraction of sp³-hybridized carbons (Fsp3) is 0.357. The van der Waals surface area contributed by atoms with Crippen LogP contribution in [0.1, 0.15) is 40.3 Å². The molecule has 1 aliphatic rings. The van der Waals surface area contributed by atoms with E-state index in [0.717, 1.165) is 24.2 Å². The SMILES string of the molecule is Cc1ccc(CN(CCc2ccccc2)C(=O)CN(CC2CCCO2)C(=O)c2ccccc2F)o1. The molecule has 0 aliphatic carbocycles. The zero-order chi connectivity index (χ0) is 24.6. The van der Waals surface area contributed by atoms with Gasteiger partial charge in [-0.15, -0.1) is 0 Å². The number of furan rings is 1. The first-order chi connectivity index (χ1) is 17.0. The van der Waals surface area contributed by atoms with Crippen molar-refractivity contribution in [2.24, 2.45) is 0 Å². The van der Waals surface area contributed by atoms with Crippen LogP contribution < -0.4 is 0 Å². The Morgan fingerprint density at radius 2 is 1.77 bits per heavy atom. The monoisotopic (exact) mass is 478 g/mol. The van der Waals surface area contributed by atoms with Crippen LogP contribution in [0, 0.1) is 12.7 Å². The maximum Gasteiger partial charge on any atom is 0.257 e. The molecule has 35 heavy (non-hydrogen) atoms. The molecule has 1 saturated heterocycles. The Bertz CT molecular complexity index is 1120. The summed E-state index contributed by atoms with van der Waals surface area (Å²) in [5.41, 5.74) is 1.07. The molecule has 2 amide bonds. The fourth-order valence-corrected chi connectivity index (χ4v) is 4.28. The van der Waals surface area contributed by atoms with E-state index in [1.807, 2.05) is 49.4 Å². The minimum Gasteiger partial charge on any atom is -0.464 e. The molecule has 1 atom stereocenters. The molecule has 0 spiro atoms. The maximum atomic E-state index is 14.4. The number of carbonyl (C=O) groups excluding carboxylic acids is 2. The van der Waals surface area contributed by atoms with Gasteiger partial charge >= 0.3 is 0 Å². The highest BCUT2D eigenvalue weighted by Crippen LogP contribution is 2.18. The molecule has 2 aromatic carbocycles. The van der Waals surface area contributed by atoms with Crippen LogP contribution in [-0.2, 0) is 22.5 Å². The van der Waals surface area contributed by atoms with E-state index in [9.17, 15) is 14.0 Å². The summed E-state index contributed by atoms with van der Waals surface area (Å²) in [7, 11) is 0. The number of aryl methyl sites for hydroxylation is 1. The van der Waals surface area contributed by atoms with E-state index in [2.05, 4.69) is 0 Å². The average molecular weight is 479 g/mol. The summed E-state index contributed by atoms with van der Waals surface area (Å²) in [4.78, 5) is 29.9. The summed E-state index contributed by atoms with van der Waals surface area (Å²) in [5, 5.41) is 0. The van der Waals surface area contributed by atoms with Gasteiger partial charge in [0.1, 0.15) is 23.9 Å². The van der Waals surface area contributed by atoms with Crippen molar-refractivity contribution in [3.05, 3.63) is 95.2 Å². The van der Waals surface area contributed by atoms with E-state index >= 15 is 0 Å². The average Bonchev–Trinajstić information content (AvgIpc) is 3.53. The van der Waals surface area contributed by atoms with Crippen LogP contribution in [-0.4, -0.2) is 54.0 Å². The highest BCUT2D eigenvalue weighted by Gasteiger charge is 2.28. The fourth-order valence-electron chi connectivity index (χ4n) is 4.28. The van der Waals surface area contributed by atoms with Gasteiger partial charge < -0.3 is 19.0 Å². The van der Waals surface area contributed by atoms with Gasteiger partial charge in [-0.3, -0.25) is 9.59 Å². The molecule has 0 N–H and O–H groups in total. The summed E-state index contributed by atoms with van der Waals surface area (Å²) < 4.78 is 25.9. The van der Waals surface area contributed by atoms with E-state index in [1.165, 1.54) is 17.0 Å². The molecular weight excluding hydrogens is 447 g/mol. The topological polar surface area (TPSA) is 63.0 Å². The van der Waals surface area contributed by atoms with Crippen molar-refractivity contribution in [3.63, 3.8) is 0 Å². The molecule has 0 bridgehead atoms. The Labute approximate surface area is 205 Å². The second-order valence-electron chi connectivity index (χ2n) is 8.86. The Kier molecular flexibility index (Phi) is 8.32. The minimum absolute atomic E-state index is 0.0456. The van der Waals surface area contributed by atoms with Crippen molar-refractivity contribution in [2.45, 2.75) is 38.8 Å². The van der Waals surface area contributed by atoms with Crippen LogP contribution in [0.25, 0.3) is 0 Å². The predicted octanol–water partition coefficient (Wildman–Crippen LogP) is 4.62. The molecule has 184 valence electrons. The van der Waals surface area contributed by atoms with Crippen molar-refractivity contribution in [1.29, 1.82) is 0 Å². The van der Waals surface area contributed by atoms with Gasteiger partial charge in [0.25, 0.3) is 5.91 Å². The van der Waals surface area contributed by atoms with E-state index in [0.29, 0.717) is 31.9 Å². The lowest BCUT2D eigenvalue weighted by molar-refractivity contribution is -0.133. The molecule has 1 unspecified atom stereocenters. The van der Waals surface area contributed by atoms with Gasteiger partial charge in [-0.25, -0.2) is 4.39 Å². The number of hydrogen-bond acceptors (Lipinski definition) is 4. The lowest BCUT2D eigenvalue weighted by Gasteiger charge is -2.29. The summed E-state index contributed by atoms with van der Waals surface area (Å²) in [6.45, 7) is 3.32. The van der Waals surface area contributed by atoms with E-state index in [1.54, 1.807) is 17.0 Å². The first-order valence-electron chi connectivity index (χ1n) is 12.0. The zero-order valence-electron chi connectivity index (χ0n) is 20.0. The first kappa shape index (κ1) is 24.7. The molecule has 1 aromatic heterocycles. The van der Waals surface area contributed by atoms with Crippen molar-refractivity contribution in [3.8, 4) is 0 Å². The number of amides is 2. The number of hydrogen-bond donors (Lipinski definition) is 0. The largest absolute Gasteiger partial charge is 0.464 e. The summed E-state index contributed by atoms with van der Waals surface area (Å²) in [6, 6.07) is 19.5. The van der Waals surface area contributed by atoms with E-state index < -0.39 is 11.7 Å². The van der Waals surface area contributed by atoms with Crippen LogP contribution in [0.15, 0.2) is 71.1 Å². The summed E-state index contributed by atoms with van der Waals surface area (Å²) >= 11 is 0. The lowest BCUT2D eigenvalue weighted by atomic mass is 10.1. The second-order valence-corrected chi connectivity index (χ2v) is 8.86. The van der Waals surface area contributed by atoms with Crippen molar-refractivity contribution >= 4 is 11.8 Å². The van der Waals surface area contributed by atoms with Crippen LogP contribution >= 0.6 is 0 Å². The number of ether oxygens (including phenoxy) is 1. The maximum absolute atomic E-state index is 14.4. The number of halogens is 1. The van der Waals surface area contributed by atoms with Gasteiger partial charge in [0.05, 0.1) is 18.2 Å². The minimum atomic E-state index is -0.603. The van der Waals surface area contributed by atoms with Crippen LogP contribution in [0.5, 0.6) is 0 Å². The van der Waals surface area contributed by atoms with Gasteiger partial charge in [-0.2, -0.15) is 0 Å². The van der Waals surface area contributed by atoms with Crippen LogP contribution in [0.4, 0.5) is 4.39 Å². The van der Waals surface area contributed by atoms with Crippen molar-refractivity contribution < 1.29 is 23.1 Å². The van der Waals surface area contributed by atoms with Crippen LogP contribution in [0.2, 0.25) is 0 Å². The van der Waals surface area contributed by atoms with E-state index in [-0.39, 0.29) is 30.7 Å². The van der Waals surface area contributed by atoms with Gasteiger partial charge in [0, 0.05) is 19.7 Å². The Balaban J connectivity index is 1.52. The van der Waals surface area contributed by atoms with E-state index in [4.69, 9.17) is 9.15 Å². The molecular formula is C28H31FN2O4. The third kappa shape index (κ3) is 6.79. The number of benzene rings is 2. The number of rotatable bonds is 10. The zero-order valence-corrected chi connectivity index (χ0v) is 20.0. The van der Waals surface area contributed by atoms with Gasteiger partial charge in [-0.05, 0) is 56.0 Å². The molecule has 6 nitrogen and oxygen atoms in total. The molecule has 4 rings (SSSR count). The third-order valence-electron chi connectivity index (χ3n) is 6.17. The molecule has 2 heterocycles. The van der Waals surface area contributed by atoms with Crippen molar-refractivity contribution in [2.75, 3.05) is 26.2 Å². The molecule has 7 heteroatoms. The van der Waals surface area contributed by atoms with Gasteiger partial charge in [0.2, 0.25) is 5.91 Å². The van der Waals surface area contributed by atoms with Gasteiger partial charge in [0.15, 0.2) is 0 Å². The normalized spacial score (nSPS) is 15.2. The number of nitrogens with zero attached hydrogens (tertiary/aromatic N) is 2. The number of carbonyl (C=O) groups is 2. The quantitative estimate of drug-likeness (QED) is 0.427. The van der Waals surface area contributed by atoms with Crippen LogP contribution in [0.3, 0.4) is 0 Å². The molecule has 0 saturated carbocycles. The molecule has 0 radical (unpaired) electrons. The smallest absolute Gasteiger partial charge is 0.257 e. The molecule has 1 fully saturated rings. The Hall–Kier alpha value is -3.45. The highest BCUT2D eigenvalue weighted by atomic mass is 19.1. The lowest BCUT2D eigenvalue weighted by Crippen LogP contribution is -2.46. The summed E-state index contributed by atoms with van der Waals surface area (Å²) in [6.07, 6.45) is 2.21. The van der Waals surface area contributed by atoms with Crippen molar-refractivity contribution in [1.82, 2.24) is 9.80 Å². The standard InChI is InChI=1S/C28H31FN2O4/c1-21-13-14-24(35-21)19-30(16-15-22-8-3-2-4-9-22)27(32)20-31(18-23-10-7-17-34-23)28(33)25-11-5-6-12-26(25)29/h2-6,8-9,11-14,23H,7,10,15-20H2,1H3. The molecule has 3 aromatic rings. The predicted molar refractivity (Wildman–Crippen MR) is 130 cm³/mol. The van der Waals surface area contributed by atoms with Gasteiger partial charge in [-0.1, -0.05) is 42.5 Å². The third-order valence-corrected chi connectivity index (χ3v) is 6.17. The Morgan fingerprint density at radius 1 is 1.00 bits per heavy atom. The highest BCUT2D eigenvalue weighted by molar-refractivity contribution is 5.96. The summed E-state index contributed by atoms with van der Waals surface area (Å²) in [5.74, 6) is 0.107. The Morgan fingerprint density at radius 3 is 2.46 bits per heavy atom.